The zero-order valence-electron chi connectivity index (χ0n) is 16.6. The number of halogens is 1. The van der Waals surface area contributed by atoms with Gasteiger partial charge in [-0.15, -0.1) is 0 Å². The lowest BCUT2D eigenvalue weighted by atomic mass is 9.89. The summed E-state index contributed by atoms with van der Waals surface area (Å²) in [6, 6.07) is 18.5. The van der Waals surface area contributed by atoms with Crippen molar-refractivity contribution in [1.29, 1.82) is 0 Å². The Kier molecular flexibility index (Phi) is 6.18. The third-order valence-electron chi connectivity index (χ3n) is 5.31. The van der Waals surface area contributed by atoms with Crippen molar-refractivity contribution in [2.75, 3.05) is 13.1 Å². The summed E-state index contributed by atoms with van der Waals surface area (Å²) in [5.74, 6) is 0.554. The van der Waals surface area contributed by atoms with Gasteiger partial charge in [0.15, 0.2) is 11.6 Å². The Morgan fingerprint density at radius 1 is 1.07 bits per heavy atom. The van der Waals surface area contributed by atoms with Crippen molar-refractivity contribution in [3.05, 3.63) is 96.1 Å². The summed E-state index contributed by atoms with van der Waals surface area (Å²) in [5.41, 5.74) is 1.95. The average Bonchev–Trinajstić information content (AvgIpc) is 2.80. The van der Waals surface area contributed by atoms with Crippen LogP contribution in [0.25, 0.3) is 6.08 Å². The van der Waals surface area contributed by atoms with Crippen LogP contribution in [0.2, 0.25) is 0 Å². The van der Waals surface area contributed by atoms with E-state index >= 15 is 0 Å². The number of benzene rings is 2. The average molecular weight is 402 g/mol. The van der Waals surface area contributed by atoms with E-state index in [-0.39, 0.29) is 11.7 Å². The summed E-state index contributed by atoms with van der Waals surface area (Å²) in [5, 5.41) is 0. The molecule has 2 heterocycles. The van der Waals surface area contributed by atoms with Crippen LogP contribution in [0.3, 0.4) is 0 Å². The van der Waals surface area contributed by atoms with Gasteiger partial charge in [-0.05, 0) is 60.2 Å². The van der Waals surface area contributed by atoms with E-state index in [0.717, 1.165) is 25.9 Å². The van der Waals surface area contributed by atoms with E-state index in [4.69, 9.17) is 4.74 Å². The second-order valence-electron chi connectivity index (χ2n) is 7.32. The lowest BCUT2D eigenvalue weighted by molar-refractivity contribution is -0.126. The van der Waals surface area contributed by atoms with Gasteiger partial charge in [0.1, 0.15) is 5.75 Å². The molecule has 1 amide bonds. The van der Waals surface area contributed by atoms with Crippen molar-refractivity contribution in [1.82, 2.24) is 9.88 Å². The van der Waals surface area contributed by atoms with E-state index in [9.17, 15) is 9.18 Å². The van der Waals surface area contributed by atoms with Crippen molar-refractivity contribution >= 4 is 12.0 Å². The van der Waals surface area contributed by atoms with Crippen LogP contribution >= 0.6 is 0 Å². The Hall–Kier alpha value is -3.47. The highest BCUT2D eigenvalue weighted by molar-refractivity contribution is 5.91. The van der Waals surface area contributed by atoms with Crippen LogP contribution in [0.4, 0.5) is 4.39 Å². The van der Waals surface area contributed by atoms with E-state index in [1.165, 1.54) is 23.9 Å². The molecule has 0 radical (unpaired) electrons. The molecule has 0 aliphatic carbocycles. The van der Waals surface area contributed by atoms with Gasteiger partial charge in [0.05, 0.1) is 6.20 Å². The fourth-order valence-corrected chi connectivity index (χ4v) is 3.67. The Balaban J connectivity index is 1.33. The summed E-state index contributed by atoms with van der Waals surface area (Å²) in [6.45, 7) is 1.46. The summed E-state index contributed by atoms with van der Waals surface area (Å²) in [4.78, 5) is 18.3. The summed E-state index contributed by atoms with van der Waals surface area (Å²) in [7, 11) is 0. The summed E-state index contributed by atoms with van der Waals surface area (Å²) < 4.78 is 19.8. The highest BCUT2D eigenvalue weighted by Crippen LogP contribution is 2.28. The molecule has 0 spiro atoms. The van der Waals surface area contributed by atoms with E-state index in [1.54, 1.807) is 36.5 Å². The van der Waals surface area contributed by atoms with Gasteiger partial charge in [-0.1, -0.05) is 36.4 Å². The Morgan fingerprint density at radius 2 is 1.87 bits per heavy atom. The van der Waals surface area contributed by atoms with Gasteiger partial charge in [0, 0.05) is 25.4 Å². The fraction of sp³-hybridized carbons (Fsp3) is 0.200. The SMILES string of the molecule is O=C(/C=C/c1ccc(Oc2cccnc2)c(F)c1)N1CCC(c2ccccc2)CC1. The van der Waals surface area contributed by atoms with E-state index in [1.807, 2.05) is 11.0 Å². The van der Waals surface area contributed by atoms with Crippen LogP contribution in [-0.2, 0) is 4.79 Å². The third kappa shape index (κ3) is 4.92. The molecule has 0 atom stereocenters. The van der Waals surface area contributed by atoms with E-state index in [2.05, 4.69) is 29.2 Å². The molecule has 1 fully saturated rings. The molecular weight excluding hydrogens is 379 g/mol. The number of hydrogen-bond donors (Lipinski definition) is 0. The maximum Gasteiger partial charge on any atom is 0.246 e. The molecule has 4 rings (SSSR count). The van der Waals surface area contributed by atoms with E-state index < -0.39 is 5.82 Å². The minimum atomic E-state index is -0.489. The number of carbonyl (C=O) groups excluding carboxylic acids is 1. The molecule has 1 aliphatic heterocycles. The maximum atomic E-state index is 14.3. The topological polar surface area (TPSA) is 42.4 Å². The Bertz CT molecular complexity index is 1010. The van der Waals surface area contributed by atoms with Crippen molar-refractivity contribution in [3.8, 4) is 11.5 Å². The monoisotopic (exact) mass is 402 g/mol. The number of carbonyl (C=O) groups is 1. The molecule has 2 aromatic carbocycles. The molecule has 5 heteroatoms. The Labute approximate surface area is 175 Å². The summed E-state index contributed by atoms with van der Waals surface area (Å²) in [6.07, 6.45) is 8.21. The first-order valence-electron chi connectivity index (χ1n) is 10.1. The van der Waals surface area contributed by atoms with Gasteiger partial charge in [0.25, 0.3) is 0 Å². The fourth-order valence-electron chi connectivity index (χ4n) is 3.67. The number of piperidine rings is 1. The first-order valence-corrected chi connectivity index (χ1v) is 10.1. The van der Waals surface area contributed by atoms with Gasteiger partial charge < -0.3 is 9.64 Å². The van der Waals surface area contributed by atoms with Crippen LogP contribution in [0, 0.1) is 5.82 Å². The number of hydrogen-bond acceptors (Lipinski definition) is 3. The highest BCUT2D eigenvalue weighted by Gasteiger charge is 2.22. The molecule has 1 saturated heterocycles. The highest BCUT2D eigenvalue weighted by atomic mass is 19.1. The van der Waals surface area contributed by atoms with Gasteiger partial charge in [-0.2, -0.15) is 0 Å². The van der Waals surface area contributed by atoms with Gasteiger partial charge >= 0.3 is 0 Å². The number of ether oxygens (including phenoxy) is 1. The second kappa shape index (κ2) is 9.35. The van der Waals surface area contributed by atoms with Crippen LogP contribution < -0.4 is 4.74 Å². The number of pyridine rings is 1. The largest absolute Gasteiger partial charge is 0.453 e. The summed E-state index contributed by atoms with van der Waals surface area (Å²) >= 11 is 0. The minimum Gasteiger partial charge on any atom is -0.453 e. The van der Waals surface area contributed by atoms with Gasteiger partial charge in [-0.3, -0.25) is 9.78 Å². The van der Waals surface area contributed by atoms with Crippen LogP contribution in [-0.4, -0.2) is 28.9 Å². The Morgan fingerprint density at radius 3 is 2.57 bits per heavy atom. The van der Waals surface area contributed by atoms with Crippen molar-refractivity contribution in [2.45, 2.75) is 18.8 Å². The normalized spacial score (nSPS) is 14.8. The first-order chi connectivity index (χ1) is 14.7. The van der Waals surface area contributed by atoms with Crippen LogP contribution in [0.15, 0.2) is 79.1 Å². The smallest absolute Gasteiger partial charge is 0.246 e. The molecule has 3 aromatic rings. The minimum absolute atomic E-state index is 0.0439. The molecule has 0 saturated carbocycles. The molecule has 0 bridgehead atoms. The molecule has 1 aliphatic rings. The molecular formula is C25H23FN2O2. The zero-order valence-corrected chi connectivity index (χ0v) is 16.6. The van der Waals surface area contributed by atoms with Crippen molar-refractivity contribution < 1.29 is 13.9 Å². The van der Waals surface area contributed by atoms with Crippen LogP contribution in [0.5, 0.6) is 11.5 Å². The number of rotatable bonds is 5. The first kappa shape index (κ1) is 19.8. The predicted molar refractivity (Wildman–Crippen MR) is 115 cm³/mol. The molecule has 0 unspecified atom stereocenters. The standard InChI is InChI=1S/C25H23FN2O2/c26-23-17-19(8-10-24(23)30-22-7-4-14-27-18-22)9-11-25(29)28-15-12-21(13-16-28)20-5-2-1-3-6-20/h1-11,14,17-18,21H,12-13,15-16H2/b11-9+. The molecule has 30 heavy (non-hydrogen) atoms. The maximum absolute atomic E-state index is 14.3. The quantitative estimate of drug-likeness (QED) is 0.534. The third-order valence-corrected chi connectivity index (χ3v) is 5.31. The molecule has 1 aromatic heterocycles. The van der Waals surface area contributed by atoms with Crippen molar-refractivity contribution in [2.24, 2.45) is 0 Å². The number of likely N-dealkylation sites (tertiary alicyclic amines) is 1. The molecule has 0 N–H and O–H groups in total. The molecule has 4 nitrogen and oxygen atoms in total. The van der Waals surface area contributed by atoms with Crippen molar-refractivity contribution in [3.63, 3.8) is 0 Å². The van der Waals surface area contributed by atoms with Crippen LogP contribution in [0.1, 0.15) is 29.9 Å². The lowest BCUT2D eigenvalue weighted by Crippen LogP contribution is -2.36. The lowest BCUT2D eigenvalue weighted by Gasteiger charge is -2.31. The molecule has 152 valence electrons. The van der Waals surface area contributed by atoms with Gasteiger partial charge in [-0.25, -0.2) is 4.39 Å². The van der Waals surface area contributed by atoms with E-state index in [0.29, 0.717) is 17.2 Å². The number of nitrogens with zero attached hydrogens (tertiary/aromatic N) is 2. The second-order valence-corrected chi connectivity index (χ2v) is 7.32. The number of amides is 1. The zero-order chi connectivity index (χ0) is 20.8. The predicted octanol–water partition coefficient (Wildman–Crippen LogP) is 5.43. The van der Waals surface area contributed by atoms with Gasteiger partial charge in [0.2, 0.25) is 5.91 Å². The number of aromatic nitrogens is 1.